The number of ether oxygens (including phenoxy) is 2. The van der Waals surface area contributed by atoms with Gasteiger partial charge in [0.15, 0.2) is 0 Å². The Morgan fingerprint density at radius 1 is 1.02 bits per heavy atom. The first-order valence-corrected chi connectivity index (χ1v) is 16.2. The van der Waals surface area contributed by atoms with Gasteiger partial charge in [-0.15, -0.1) is 0 Å². The summed E-state index contributed by atoms with van der Waals surface area (Å²) in [7, 11) is 1.46. The molecule has 1 saturated carbocycles. The van der Waals surface area contributed by atoms with Gasteiger partial charge >= 0.3 is 22.1 Å². The highest BCUT2D eigenvalue weighted by atomic mass is 32.2. The van der Waals surface area contributed by atoms with Crippen molar-refractivity contribution in [1.29, 1.82) is 0 Å². The first-order valence-electron chi connectivity index (χ1n) is 14.8. The van der Waals surface area contributed by atoms with Gasteiger partial charge in [0.1, 0.15) is 5.75 Å². The summed E-state index contributed by atoms with van der Waals surface area (Å²) in [6, 6.07) is 11.2. The molecule has 1 aliphatic heterocycles. The molecule has 236 valence electrons. The zero-order chi connectivity index (χ0) is 32.0. The van der Waals surface area contributed by atoms with Crippen molar-refractivity contribution in [3.63, 3.8) is 0 Å². The van der Waals surface area contributed by atoms with Crippen LogP contribution >= 0.6 is 0 Å². The second-order valence-electron chi connectivity index (χ2n) is 12.2. The number of hydrogen-bond acceptors (Lipinski definition) is 7. The molecule has 5 rings (SSSR count). The Kier molecular flexibility index (Phi) is 8.52. The molecule has 1 aromatic heterocycles. The lowest BCUT2D eigenvalue weighted by Crippen LogP contribution is -2.54. The van der Waals surface area contributed by atoms with Crippen molar-refractivity contribution >= 4 is 38.9 Å². The Bertz CT molecular complexity index is 1740. The fourth-order valence-corrected chi connectivity index (χ4v) is 7.18. The van der Waals surface area contributed by atoms with Gasteiger partial charge in [-0.3, -0.25) is 9.59 Å². The quantitative estimate of drug-likeness (QED) is 0.312. The van der Waals surface area contributed by atoms with E-state index < -0.39 is 33.5 Å². The largest absolute Gasteiger partial charge is 0.497 e. The molecule has 0 spiro atoms. The second-order valence-corrected chi connectivity index (χ2v) is 14.1. The maximum Gasteiger partial charge on any atom is 0.396 e. The molecule has 1 fully saturated rings. The normalized spacial score (nSPS) is 20.4. The number of nitrogens with zero attached hydrogens (tertiary/aromatic N) is 2. The highest BCUT2D eigenvalue weighted by Crippen LogP contribution is 2.50. The van der Waals surface area contributed by atoms with Gasteiger partial charge in [-0.2, -0.15) is 12.7 Å². The predicted octanol–water partition coefficient (Wildman–Crippen LogP) is 4.07. The summed E-state index contributed by atoms with van der Waals surface area (Å²) in [6.07, 6.45) is 5.44. The van der Waals surface area contributed by atoms with Crippen molar-refractivity contribution in [2.75, 3.05) is 28.3 Å². The number of carbonyl (C=O) groups excluding carboxylic acids is 3. The van der Waals surface area contributed by atoms with E-state index in [0.717, 1.165) is 64.8 Å². The molecule has 2 N–H and O–H groups in total. The molecule has 3 aromatic rings. The van der Waals surface area contributed by atoms with Gasteiger partial charge in [0.05, 0.1) is 25.5 Å². The fourth-order valence-electron chi connectivity index (χ4n) is 6.65. The third-order valence-electron chi connectivity index (χ3n) is 9.27. The molecule has 11 nitrogen and oxygen atoms in total. The van der Waals surface area contributed by atoms with E-state index in [9.17, 15) is 22.8 Å². The summed E-state index contributed by atoms with van der Waals surface area (Å²) < 4.78 is 40.4. The monoisotopic (exact) mass is 624 g/mol. The van der Waals surface area contributed by atoms with Crippen LogP contribution in [0.25, 0.3) is 22.2 Å². The first kappa shape index (κ1) is 31.5. The van der Waals surface area contributed by atoms with Gasteiger partial charge in [0, 0.05) is 48.6 Å². The molecule has 2 atom stereocenters. The standard InChI is InChI=1S/C32H40N4O7S/c1-19-25-17-22(42-5)13-15-23(25)28-27(20-10-8-7-9-11-20)24-14-12-21(29(37)34-44(40,41)35(3)4)16-26(24)36(28)18-32(19,2)33-30(38)31(39)43-6/h12-17,19-20H,7-11,18H2,1-6H3,(H,33,38)(H,34,37). The minimum absolute atomic E-state index is 0.186. The van der Waals surface area contributed by atoms with Crippen LogP contribution in [0.3, 0.4) is 0 Å². The van der Waals surface area contributed by atoms with E-state index >= 15 is 0 Å². The fraction of sp³-hybridized carbons (Fsp3) is 0.469. The molecular formula is C32H40N4O7S. The number of amides is 2. The van der Waals surface area contributed by atoms with Crippen LogP contribution in [0.15, 0.2) is 36.4 Å². The molecular weight excluding hydrogens is 584 g/mol. The number of aromatic nitrogens is 1. The topological polar surface area (TPSA) is 136 Å². The molecule has 44 heavy (non-hydrogen) atoms. The van der Waals surface area contributed by atoms with E-state index in [1.54, 1.807) is 19.2 Å². The summed E-state index contributed by atoms with van der Waals surface area (Å²) in [6.45, 7) is 4.17. The van der Waals surface area contributed by atoms with Gasteiger partial charge in [-0.1, -0.05) is 32.3 Å². The minimum Gasteiger partial charge on any atom is -0.497 e. The number of nitrogens with one attached hydrogen (secondary N) is 2. The van der Waals surface area contributed by atoms with Gasteiger partial charge in [0.2, 0.25) is 0 Å². The summed E-state index contributed by atoms with van der Waals surface area (Å²) in [5.41, 5.74) is 4.05. The highest BCUT2D eigenvalue weighted by Gasteiger charge is 2.42. The van der Waals surface area contributed by atoms with Gasteiger partial charge < -0.3 is 19.4 Å². The molecule has 12 heteroatoms. The molecule has 0 radical (unpaired) electrons. The summed E-state index contributed by atoms with van der Waals surface area (Å²) in [4.78, 5) is 38.4. The lowest BCUT2D eigenvalue weighted by molar-refractivity contribution is -0.153. The average Bonchev–Trinajstić information content (AvgIpc) is 3.28. The van der Waals surface area contributed by atoms with Crippen molar-refractivity contribution in [2.24, 2.45) is 0 Å². The van der Waals surface area contributed by atoms with Crippen LogP contribution in [-0.2, 0) is 31.1 Å². The molecule has 2 aliphatic rings. The lowest BCUT2D eigenvalue weighted by Gasteiger charge is -2.36. The van der Waals surface area contributed by atoms with Crippen LogP contribution < -0.4 is 14.8 Å². The third kappa shape index (κ3) is 5.56. The maximum atomic E-state index is 13.2. The Labute approximate surface area is 258 Å². The SMILES string of the molecule is COC(=O)C(=O)NC1(C)Cn2c(c(C3CCCCC3)c3ccc(C(=O)NS(=O)(=O)N(C)C)cc32)-c2ccc(OC)cc2C1C. The number of methoxy groups -OCH3 is 2. The predicted molar refractivity (Wildman–Crippen MR) is 167 cm³/mol. The Hall–Kier alpha value is -3.90. The molecule has 0 saturated heterocycles. The smallest absolute Gasteiger partial charge is 0.396 e. The first-order chi connectivity index (χ1) is 20.8. The lowest BCUT2D eigenvalue weighted by atomic mass is 9.78. The van der Waals surface area contributed by atoms with E-state index in [1.807, 2.05) is 38.1 Å². The second kappa shape index (κ2) is 11.9. The molecule has 2 amide bonds. The van der Waals surface area contributed by atoms with Crippen molar-refractivity contribution in [3.8, 4) is 17.0 Å². The van der Waals surface area contributed by atoms with E-state index in [1.165, 1.54) is 26.1 Å². The summed E-state index contributed by atoms with van der Waals surface area (Å²) in [5, 5.41) is 3.92. The number of carbonyl (C=O) groups is 3. The van der Waals surface area contributed by atoms with Gasteiger partial charge in [-0.25, -0.2) is 9.52 Å². The average molecular weight is 625 g/mol. The van der Waals surface area contributed by atoms with E-state index in [0.29, 0.717) is 5.75 Å². The zero-order valence-electron chi connectivity index (χ0n) is 26.0. The van der Waals surface area contributed by atoms with Crippen LogP contribution in [0.5, 0.6) is 5.75 Å². The van der Waals surface area contributed by atoms with E-state index in [-0.39, 0.29) is 23.9 Å². The van der Waals surface area contributed by atoms with Gasteiger partial charge in [-0.05, 0) is 67.1 Å². The Morgan fingerprint density at radius 3 is 2.36 bits per heavy atom. The van der Waals surface area contributed by atoms with Crippen molar-refractivity contribution in [3.05, 3.63) is 53.1 Å². The van der Waals surface area contributed by atoms with Gasteiger partial charge in [0.25, 0.3) is 5.91 Å². The molecule has 2 aromatic carbocycles. The number of rotatable bonds is 6. The number of hydrogen-bond donors (Lipinski definition) is 2. The summed E-state index contributed by atoms with van der Waals surface area (Å²) >= 11 is 0. The van der Waals surface area contributed by atoms with Crippen LogP contribution in [0, 0.1) is 0 Å². The van der Waals surface area contributed by atoms with Crippen LogP contribution in [-0.4, -0.2) is 68.9 Å². The Balaban J connectivity index is 1.79. The minimum atomic E-state index is -4.01. The molecule has 0 bridgehead atoms. The molecule has 1 aliphatic carbocycles. The molecule has 2 unspecified atom stereocenters. The molecule has 2 heterocycles. The Morgan fingerprint density at radius 2 is 1.73 bits per heavy atom. The van der Waals surface area contributed by atoms with Crippen LogP contribution in [0.4, 0.5) is 0 Å². The van der Waals surface area contributed by atoms with Crippen molar-refractivity contribution in [1.82, 2.24) is 18.9 Å². The summed E-state index contributed by atoms with van der Waals surface area (Å²) in [5.74, 6) is -1.92. The number of benzene rings is 2. The number of fused-ring (bicyclic) bond motifs is 5. The van der Waals surface area contributed by atoms with Crippen LogP contribution in [0.2, 0.25) is 0 Å². The maximum absolute atomic E-state index is 13.2. The van der Waals surface area contributed by atoms with E-state index in [2.05, 4.69) is 14.6 Å². The van der Waals surface area contributed by atoms with Crippen molar-refractivity contribution in [2.45, 2.75) is 69.9 Å². The van der Waals surface area contributed by atoms with Crippen molar-refractivity contribution < 1.29 is 32.3 Å². The number of esters is 1. The van der Waals surface area contributed by atoms with Crippen LogP contribution in [0.1, 0.15) is 79.3 Å². The third-order valence-corrected chi connectivity index (χ3v) is 10.7. The highest BCUT2D eigenvalue weighted by molar-refractivity contribution is 7.87. The zero-order valence-corrected chi connectivity index (χ0v) is 26.8. The van der Waals surface area contributed by atoms with E-state index in [4.69, 9.17) is 9.47 Å².